The molecule has 1 rings (SSSR count). The molecule has 86 valence electrons. The van der Waals surface area contributed by atoms with E-state index in [9.17, 15) is 5.11 Å². The molecule has 0 bridgehead atoms. The maximum atomic E-state index is 9.36. The molecule has 6 heteroatoms. The number of rotatable bonds is 6. The quantitative estimate of drug-likeness (QED) is 0.736. The lowest BCUT2D eigenvalue weighted by Crippen LogP contribution is -2.30. The number of halogens is 1. The molecular weight excluding hydrogens is 218 g/mol. The minimum Gasteiger partial charge on any atom is -0.389 e. The van der Waals surface area contributed by atoms with Crippen LogP contribution in [0.1, 0.15) is 5.82 Å². The SMILES string of the molecule is COCC(O)CNCc1ncc(Cl)n1C. The summed E-state index contributed by atoms with van der Waals surface area (Å²) in [5, 5.41) is 13.0. The van der Waals surface area contributed by atoms with E-state index in [1.807, 2.05) is 7.05 Å². The van der Waals surface area contributed by atoms with E-state index in [1.54, 1.807) is 17.9 Å². The Labute approximate surface area is 94.0 Å². The number of imidazole rings is 1. The van der Waals surface area contributed by atoms with Crippen molar-refractivity contribution in [2.24, 2.45) is 7.05 Å². The highest BCUT2D eigenvalue weighted by Crippen LogP contribution is 2.08. The predicted molar refractivity (Wildman–Crippen MR) is 57.8 cm³/mol. The lowest BCUT2D eigenvalue weighted by molar-refractivity contribution is 0.0643. The van der Waals surface area contributed by atoms with Gasteiger partial charge < -0.3 is 19.7 Å². The first kappa shape index (κ1) is 12.4. The summed E-state index contributed by atoms with van der Waals surface area (Å²) in [6.07, 6.45) is 1.11. The number of methoxy groups -OCH3 is 1. The summed E-state index contributed by atoms with van der Waals surface area (Å²) in [5.74, 6) is 0.838. The molecule has 0 spiro atoms. The number of nitrogens with one attached hydrogen (secondary N) is 1. The van der Waals surface area contributed by atoms with Crippen molar-refractivity contribution < 1.29 is 9.84 Å². The van der Waals surface area contributed by atoms with Crippen LogP contribution in [0.2, 0.25) is 5.15 Å². The zero-order valence-electron chi connectivity index (χ0n) is 8.90. The number of hydrogen-bond acceptors (Lipinski definition) is 4. The van der Waals surface area contributed by atoms with Gasteiger partial charge >= 0.3 is 0 Å². The van der Waals surface area contributed by atoms with Crippen LogP contribution in [0.3, 0.4) is 0 Å². The third-order valence-electron chi connectivity index (χ3n) is 2.05. The van der Waals surface area contributed by atoms with Crippen molar-refractivity contribution in [3.05, 3.63) is 17.2 Å². The van der Waals surface area contributed by atoms with Gasteiger partial charge in [-0.25, -0.2) is 4.98 Å². The van der Waals surface area contributed by atoms with Gasteiger partial charge in [-0.1, -0.05) is 11.6 Å². The van der Waals surface area contributed by atoms with Gasteiger partial charge in [0.2, 0.25) is 0 Å². The summed E-state index contributed by atoms with van der Waals surface area (Å²) >= 11 is 5.82. The summed E-state index contributed by atoms with van der Waals surface area (Å²) < 4.78 is 6.59. The predicted octanol–water partition coefficient (Wildman–Crippen LogP) is 0.170. The summed E-state index contributed by atoms with van der Waals surface area (Å²) in [4.78, 5) is 4.11. The number of hydrogen-bond donors (Lipinski definition) is 2. The molecule has 1 heterocycles. The zero-order chi connectivity index (χ0) is 11.3. The van der Waals surface area contributed by atoms with Gasteiger partial charge in [-0.3, -0.25) is 0 Å². The molecule has 2 N–H and O–H groups in total. The minimum absolute atomic E-state index is 0.328. The number of aliphatic hydroxyl groups excluding tert-OH is 1. The maximum Gasteiger partial charge on any atom is 0.128 e. The van der Waals surface area contributed by atoms with E-state index in [4.69, 9.17) is 16.3 Å². The lowest BCUT2D eigenvalue weighted by atomic mass is 10.4. The Bertz CT molecular complexity index is 304. The standard InChI is InChI=1S/C9H16ClN3O2/c1-13-8(10)4-12-9(13)5-11-3-7(14)6-15-2/h4,7,11,14H,3,5-6H2,1-2H3. The maximum absolute atomic E-state index is 9.36. The molecule has 1 atom stereocenters. The third kappa shape index (κ3) is 3.79. The fraction of sp³-hybridized carbons (Fsp3) is 0.667. The molecule has 1 unspecified atom stereocenters. The van der Waals surface area contributed by atoms with E-state index >= 15 is 0 Å². The van der Waals surface area contributed by atoms with Gasteiger partial charge in [-0.05, 0) is 0 Å². The van der Waals surface area contributed by atoms with Gasteiger partial charge in [0.05, 0.1) is 25.5 Å². The first-order valence-corrected chi connectivity index (χ1v) is 5.06. The van der Waals surface area contributed by atoms with E-state index in [1.165, 1.54) is 0 Å². The molecule has 0 aromatic carbocycles. The van der Waals surface area contributed by atoms with Crippen LogP contribution in [0.5, 0.6) is 0 Å². The molecule has 0 aliphatic carbocycles. The van der Waals surface area contributed by atoms with Crippen molar-refractivity contribution in [3.63, 3.8) is 0 Å². The van der Waals surface area contributed by atoms with Crippen molar-refractivity contribution in [1.82, 2.24) is 14.9 Å². The van der Waals surface area contributed by atoms with Gasteiger partial charge in [0.25, 0.3) is 0 Å². The van der Waals surface area contributed by atoms with Gasteiger partial charge in [0.1, 0.15) is 11.0 Å². The molecule has 1 aromatic rings. The van der Waals surface area contributed by atoms with E-state index < -0.39 is 6.10 Å². The highest BCUT2D eigenvalue weighted by molar-refractivity contribution is 6.29. The van der Waals surface area contributed by atoms with Crippen molar-refractivity contribution in [2.45, 2.75) is 12.6 Å². The summed E-state index contributed by atoms with van der Waals surface area (Å²) in [5.41, 5.74) is 0. The topological polar surface area (TPSA) is 59.3 Å². The summed E-state index contributed by atoms with van der Waals surface area (Å²) in [7, 11) is 3.40. The highest BCUT2D eigenvalue weighted by Gasteiger charge is 2.06. The fourth-order valence-corrected chi connectivity index (χ4v) is 1.34. The number of ether oxygens (including phenoxy) is 1. The largest absolute Gasteiger partial charge is 0.389 e. The van der Waals surface area contributed by atoms with Crippen LogP contribution in [0, 0.1) is 0 Å². The average Bonchev–Trinajstić information content (AvgIpc) is 2.50. The minimum atomic E-state index is -0.495. The number of aliphatic hydroxyl groups is 1. The van der Waals surface area contributed by atoms with E-state index in [0.717, 1.165) is 5.82 Å². The Morgan fingerprint density at radius 3 is 3.00 bits per heavy atom. The van der Waals surface area contributed by atoms with Crippen LogP contribution < -0.4 is 5.32 Å². The molecule has 0 saturated carbocycles. The molecule has 0 saturated heterocycles. The lowest BCUT2D eigenvalue weighted by Gasteiger charge is -2.10. The fourth-order valence-electron chi connectivity index (χ4n) is 1.19. The van der Waals surface area contributed by atoms with E-state index in [-0.39, 0.29) is 0 Å². The van der Waals surface area contributed by atoms with E-state index in [0.29, 0.717) is 24.8 Å². The zero-order valence-corrected chi connectivity index (χ0v) is 9.66. The Kier molecular flexibility index (Phi) is 5.04. The summed E-state index contributed by atoms with van der Waals surface area (Å²) in [6.45, 7) is 1.37. The van der Waals surface area contributed by atoms with Crippen LogP contribution >= 0.6 is 11.6 Å². The first-order chi connectivity index (χ1) is 7.15. The highest BCUT2D eigenvalue weighted by atomic mass is 35.5. The molecule has 0 aliphatic heterocycles. The molecule has 15 heavy (non-hydrogen) atoms. The molecule has 0 aliphatic rings. The third-order valence-corrected chi connectivity index (χ3v) is 2.40. The molecule has 0 amide bonds. The van der Waals surface area contributed by atoms with Crippen molar-refractivity contribution in [1.29, 1.82) is 0 Å². The average molecular weight is 234 g/mol. The van der Waals surface area contributed by atoms with Crippen molar-refractivity contribution in [3.8, 4) is 0 Å². The van der Waals surface area contributed by atoms with Gasteiger partial charge in [0, 0.05) is 20.7 Å². The monoisotopic (exact) mass is 233 g/mol. The Morgan fingerprint density at radius 2 is 2.47 bits per heavy atom. The van der Waals surface area contributed by atoms with Crippen LogP contribution in [-0.4, -0.2) is 41.0 Å². The van der Waals surface area contributed by atoms with Gasteiger partial charge in [-0.15, -0.1) is 0 Å². The molecule has 0 fully saturated rings. The van der Waals surface area contributed by atoms with Crippen LogP contribution in [0.25, 0.3) is 0 Å². The Morgan fingerprint density at radius 1 is 1.73 bits per heavy atom. The Balaban J connectivity index is 2.29. The smallest absolute Gasteiger partial charge is 0.128 e. The number of aromatic nitrogens is 2. The first-order valence-electron chi connectivity index (χ1n) is 4.69. The normalized spacial score (nSPS) is 13.1. The van der Waals surface area contributed by atoms with Crippen LogP contribution in [0.15, 0.2) is 6.20 Å². The molecule has 0 radical (unpaired) electrons. The van der Waals surface area contributed by atoms with E-state index in [2.05, 4.69) is 10.3 Å². The summed E-state index contributed by atoms with van der Waals surface area (Å²) in [6, 6.07) is 0. The second-order valence-corrected chi connectivity index (χ2v) is 3.68. The second kappa shape index (κ2) is 6.07. The molecular formula is C9H16ClN3O2. The van der Waals surface area contributed by atoms with Gasteiger partial charge in [-0.2, -0.15) is 0 Å². The molecule has 5 nitrogen and oxygen atoms in total. The number of nitrogens with zero attached hydrogens (tertiary/aromatic N) is 2. The van der Waals surface area contributed by atoms with Crippen molar-refractivity contribution >= 4 is 11.6 Å². The second-order valence-electron chi connectivity index (χ2n) is 3.30. The molecule has 1 aromatic heterocycles. The Hall–Kier alpha value is -0.620. The van der Waals surface area contributed by atoms with Crippen LogP contribution in [-0.2, 0) is 18.3 Å². The van der Waals surface area contributed by atoms with Gasteiger partial charge in [0.15, 0.2) is 0 Å². The van der Waals surface area contributed by atoms with Crippen LogP contribution in [0.4, 0.5) is 0 Å². The van der Waals surface area contributed by atoms with Crippen molar-refractivity contribution in [2.75, 3.05) is 20.3 Å².